The lowest BCUT2D eigenvalue weighted by Gasteiger charge is -2.23. The van der Waals surface area contributed by atoms with Crippen LogP contribution in [0, 0.1) is 11.8 Å². The molecule has 0 saturated carbocycles. The van der Waals surface area contributed by atoms with E-state index in [-0.39, 0.29) is 17.5 Å². The van der Waals surface area contributed by atoms with Gasteiger partial charge in [0.25, 0.3) is 0 Å². The highest BCUT2D eigenvalue weighted by atomic mass is 32.2. The van der Waals surface area contributed by atoms with Gasteiger partial charge >= 0.3 is 0 Å². The minimum absolute atomic E-state index is 0.177. The molecule has 2 rings (SSSR count). The monoisotopic (exact) mass is 294 g/mol. The molecule has 3 N–H and O–H groups in total. The van der Waals surface area contributed by atoms with E-state index in [4.69, 9.17) is 10.5 Å². The number of sulfonamides is 1. The molecule has 6 heteroatoms. The summed E-state index contributed by atoms with van der Waals surface area (Å²) >= 11 is 0. The predicted octanol–water partition coefficient (Wildman–Crippen LogP) is 0.454. The highest BCUT2D eigenvalue weighted by Crippen LogP contribution is 2.16. The van der Waals surface area contributed by atoms with Crippen LogP contribution in [0.1, 0.15) is 18.4 Å². The van der Waals surface area contributed by atoms with Crippen LogP contribution in [-0.2, 0) is 14.8 Å². The van der Waals surface area contributed by atoms with E-state index in [0.29, 0.717) is 18.8 Å². The molecule has 0 spiro atoms. The molecule has 1 aliphatic rings. The molecule has 5 nitrogen and oxygen atoms in total. The van der Waals surface area contributed by atoms with Gasteiger partial charge in [-0.1, -0.05) is 24.0 Å². The Hall–Kier alpha value is -1.39. The van der Waals surface area contributed by atoms with Gasteiger partial charge in [-0.2, -0.15) is 0 Å². The van der Waals surface area contributed by atoms with E-state index in [9.17, 15) is 8.42 Å². The van der Waals surface area contributed by atoms with Crippen molar-refractivity contribution in [3.63, 3.8) is 0 Å². The number of hydrogen-bond donors (Lipinski definition) is 2. The molecule has 0 aliphatic carbocycles. The van der Waals surface area contributed by atoms with Gasteiger partial charge in [-0.25, -0.2) is 13.1 Å². The summed E-state index contributed by atoms with van der Waals surface area (Å²) in [6.07, 6.45) is 1.65. The molecule has 1 saturated heterocycles. The maximum absolute atomic E-state index is 12.4. The first-order valence-corrected chi connectivity index (χ1v) is 8.00. The summed E-state index contributed by atoms with van der Waals surface area (Å²) in [6, 6.07) is 6.48. The molecule has 0 amide bonds. The number of nitrogens with one attached hydrogen (secondary N) is 1. The van der Waals surface area contributed by atoms with Gasteiger partial charge in [0.2, 0.25) is 10.0 Å². The molecule has 1 aromatic carbocycles. The maximum atomic E-state index is 12.4. The van der Waals surface area contributed by atoms with Crippen molar-refractivity contribution in [2.24, 2.45) is 5.73 Å². The topological polar surface area (TPSA) is 81.4 Å². The van der Waals surface area contributed by atoms with E-state index in [2.05, 4.69) is 16.6 Å². The quantitative estimate of drug-likeness (QED) is 0.793. The summed E-state index contributed by atoms with van der Waals surface area (Å²) in [7, 11) is -3.59. The SMILES string of the molecule is NCC#Cc1ccccc1S(=O)(=O)NC1CCCOC1. The van der Waals surface area contributed by atoms with Crippen molar-refractivity contribution < 1.29 is 13.2 Å². The van der Waals surface area contributed by atoms with Crippen LogP contribution in [-0.4, -0.2) is 34.2 Å². The Morgan fingerprint density at radius 1 is 1.40 bits per heavy atom. The highest BCUT2D eigenvalue weighted by molar-refractivity contribution is 7.89. The average Bonchev–Trinajstić information content (AvgIpc) is 2.46. The number of benzene rings is 1. The number of ether oxygens (including phenoxy) is 1. The van der Waals surface area contributed by atoms with Crippen LogP contribution in [0.5, 0.6) is 0 Å². The summed E-state index contributed by atoms with van der Waals surface area (Å²) in [5.41, 5.74) is 5.79. The van der Waals surface area contributed by atoms with Crippen molar-refractivity contribution >= 4 is 10.0 Å². The third-order valence-electron chi connectivity index (χ3n) is 2.98. The molecule has 1 aromatic rings. The molecule has 0 aromatic heterocycles. The first-order valence-electron chi connectivity index (χ1n) is 6.51. The molecule has 1 heterocycles. The van der Waals surface area contributed by atoms with E-state index in [0.717, 1.165) is 12.8 Å². The molecule has 20 heavy (non-hydrogen) atoms. The van der Waals surface area contributed by atoms with Crippen molar-refractivity contribution in [3.05, 3.63) is 29.8 Å². The van der Waals surface area contributed by atoms with Crippen molar-refractivity contribution in [1.82, 2.24) is 4.72 Å². The minimum atomic E-state index is -3.59. The van der Waals surface area contributed by atoms with Crippen LogP contribution in [0.15, 0.2) is 29.2 Å². The summed E-state index contributed by atoms with van der Waals surface area (Å²) in [6.45, 7) is 1.30. The lowest BCUT2D eigenvalue weighted by Crippen LogP contribution is -2.40. The van der Waals surface area contributed by atoms with Gasteiger partial charge in [0.05, 0.1) is 18.0 Å². The Balaban J connectivity index is 2.24. The van der Waals surface area contributed by atoms with E-state index >= 15 is 0 Å². The lowest BCUT2D eigenvalue weighted by atomic mass is 10.1. The number of nitrogens with two attached hydrogens (primary N) is 1. The Bertz CT molecular complexity index is 611. The van der Waals surface area contributed by atoms with Crippen LogP contribution in [0.2, 0.25) is 0 Å². The first kappa shape index (κ1) is 15.0. The molecule has 1 fully saturated rings. The van der Waals surface area contributed by atoms with Crippen molar-refractivity contribution in [2.75, 3.05) is 19.8 Å². The standard InChI is InChI=1S/C14H18N2O3S/c15-9-3-6-12-5-1-2-8-14(12)20(17,18)16-13-7-4-10-19-11-13/h1-2,5,8,13,16H,4,7,9-11,15H2. The Kier molecular flexibility index (Phi) is 5.15. The van der Waals surface area contributed by atoms with Gasteiger partial charge in [-0.05, 0) is 25.0 Å². The number of hydrogen-bond acceptors (Lipinski definition) is 4. The Morgan fingerprint density at radius 3 is 2.90 bits per heavy atom. The Morgan fingerprint density at radius 2 is 2.20 bits per heavy atom. The van der Waals surface area contributed by atoms with Crippen molar-refractivity contribution in [1.29, 1.82) is 0 Å². The fourth-order valence-electron chi connectivity index (χ4n) is 2.07. The minimum Gasteiger partial charge on any atom is -0.380 e. The zero-order chi connectivity index (χ0) is 14.4. The largest absolute Gasteiger partial charge is 0.380 e. The van der Waals surface area contributed by atoms with Gasteiger partial charge in [0.1, 0.15) is 0 Å². The normalized spacial score (nSPS) is 19.1. The van der Waals surface area contributed by atoms with Crippen LogP contribution in [0.4, 0.5) is 0 Å². The highest BCUT2D eigenvalue weighted by Gasteiger charge is 2.23. The van der Waals surface area contributed by atoms with Gasteiger partial charge < -0.3 is 10.5 Å². The van der Waals surface area contributed by atoms with Crippen LogP contribution < -0.4 is 10.5 Å². The smallest absolute Gasteiger partial charge is 0.242 e. The fourth-order valence-corrected chi connectivity index (χ4v) is 3.49. The summed E-state index contributed by atoms with van der Waals surface area (Å²) in [5, 5.41) is 0. The lowest BCUT2D eigenvalue weighted by molar-refractivity contribution is 0.0774. The van der Waals surface area contributed by atoms with Gasteiger partial charge in [0.15, 0.2) is 0 Å². The second-order valence-corrected chi connectivity index (χ2v) is 6.22. The number of rotatable bonds is 3. The van der Waals surface area contributed by atoms with Crippen LogP contribution >= 0.6 is 0 Å². The third-order valence-corrected chi connectivity index (χ3v) is 4.56. The molecule has 0 bridgehead atoms. The average molecular weight is 294 g/mol. The molecule has 108 valence electrons. The zero-order valence-corrected chi connectivity index (χ0v) is 11.9. The fraction of sp³-hybridized carbons (Fsp3) is 0.429. The second kappa shape index (κ2) is 6.86. The third kappa shape index (κ3) is 3.81. The van der Waals surface area contributed by atoms with Gasteiger partial charge in [-0.15, -0.1) is 0 Å². The van der Waals surface area contributed by atoms with Gasteiger partial charge in [-0.3, -0.25) is 0 Å². The van der Waals surface area contributed by atoms with Crippen molar-refractivity contribution in [3.8, 4) is 11.8 Å². The molecule has 1 atom stereocenters. The van der Waals surface area contributed by atoms with Crippen LogP contribution in [0.25, 0.3) is 0 Å². The molecular weight excluding hydrogens is 276 g/mol. The molecule has 1 unspecified atom stereocenters. The van der Waals surface area contributed by atoms with Crippen LogP contribution in [0.3, 0.4) is 0 Å². The van der Waals surface area contributed by atoms with Crippen molar-refractivity contribution in [2.45, 2.75) is 23.8 Å². The van der Waals surface area contributed by atoms with Gasteiger partial charge in [0, 0.05) is 18.2 Å². The van der Waals surface area contributed by atoms with E-state index < -0.39 is 10.0 Å². The maximum Gasteiger partial charge on any atom is 0.242 e. The Labute approximate surface area is 119 Å². The summed E-state index contributed by atoms with van der Waals surface area (Å²) in [4.78, 5) is 0.187. The summed E-state index contributed by atoms with van der Waals surface area (Å²) in [5.74, 6) is 5.47. The van der Waals surface area contributed by atoms with E-state index in [1.165, 1.54) is 0 Å². The molecular formula is C14H18N2O3S. The van der Waals surface area contributed by atoms with E-state index in [1.54, 1.807) is 24.3 Å². The second-order valence-electron chi connectivity index (χ2n) is 4.54. The zero-order valence-electron chi connectivity index (χ0n) is 11.1. The van der Waals surface area contributed by atoms with E-state index in [1.807, 2.05) is 0 Å². The molecule has 1 aliphatic heterocycles. The first-order chi connectivity index (χ1) is 9.63. The summed E-state index contributed by atoms with van der Waals surface area (Å²) < 4.78 is 32.8. The predicted molar refractivity (Wildman–Crippen MR) is 76.5 cm³/mol. The molecule has 0 radical (unpaired) electrons.